The van der Waals surface area contributed by atoms with Gasteiger partial charge in [-0.1, -0.05) is 24.0 Å². The molecule has 0 heterocycles. The lowest BCUT2D eigenvalue weighted by molar-refractivity contribution is 0.183. The van der Waals surface area contributed by atoms with Crippen LogP contribution in [0.25, 0.3) is 0 Å². The van der Waals surface area contributed by atoms with Gasteiger partial charge in [0.15, 0.2) is 0 Å². The minimum atomic E-state index is 0.114. The maximum Gasteiger partial charge on any atom is 0.0558 e. The molecule has 0 unspecified atom stereocenters. The first-order valence-corrected chi connectivity index (χ1v) is 6.87. The number of nitrogens with zero attached hydrogens (tertiary/aromatic N) is 1. The zero-order valence-electron chi connectivity index (χ0n) is 11.2. The third kappa shape index (κ3) is 4.68. The Morgan fingerprint density at radius 3 is 2.42 bits per heavy atom. The summed E-state index contributed by atoms with van der Waals surface area (Å²) in [5, 5.41) is 17.7. The summed E-state index contributed by atoms with van der Waals surface area (Å²) in [5.41, 5.74) is 2.24. The van der Waals surface area contributed by atoms with Crippen molar-refractivity contribution in [3.05, 3.63) is 35.4 Å². The van der Waals surface area contributed by atoms with E-state index in [1.54, 1.807) is 0 Å². The standard InChI is InChI=1S/C16H21NO2/c18-11-2-1-3-14-4-6-15(7-5-14)13-17(10-12-19)16-8-9-16/h4-7,16,18-19H,2,8-13H2. The van der Waals surface area contributed by atoms with E-state index in [9.17, 15) is 0 Å². The fourth-order valence-corrected chi connectivity index (χ4v) is 2.11. The van der Waals surface area contributed by atoms with Crippen LogP contribution in [0.4, 0.5) is 0 Å². The molecular formula is C16H21NO2. The lowest BCUT2D eigenvalue weighted by Gasteiger charge is -2.20. The topological polar surface area (TPSA) is 43.7 Å². The molecule has 0 atom stereocenters. The van der Waals surface area contributed by atoms with Crippen LogP contribution in [0.15, 0.2) is 24.3 Å². The van der Waals surface area contributed by atoms with Crippen molar-refractivity contribution in [2.75, 3.05) is 19.8 Å². The Morgan fingerprint density at radius 1 is 1.11 bits per heavy atom. The number of aliphatic hydroxyl groups excluding tert-OH is 2. The predicted octanol–water partition coefficient (Wildman–Crippen LogP) is 1.38. The molecule has 0 spiro atoms. The Kier molecular flexibility index (Phi) is 5.41. The summed E-state index contributed by atoms with van der Waals surface area (Å²) < 4.78 is 0. The number of hydrogen-bond donors (Lipinski definition) is 2. The molecule has 0 radical (unpaired) electrons. The highest BCUT2D eigenvalue weighted by molar-refractivity contribution is 5.36. The first-order chi connectivity index (χ1) is 9.33. The van der Waals surface area contributed by atoms with Crippen LogP contribution in [-0.2, 0) is 6.54 Å². The number of benzene rings is 1. The monoisotopic (exact) mass is 259 g/mol. The van der Waals surface area contributed by atoms with E-state index in [-0.39, 0.29) is 13.2 Å². The van der Waals surface area contributed by atoms with Gasteiger partial charge in [0.05, 0.1) is 13.2 Å². The minimum absolute atomic E-state index is 0.114. The second kappa shape index (κ2) is 7.30. The van der Waals surface area contributed by atoms with Crippen LogP contribution in [0.2, 0.25) is 0 Å². The van der Waals surface area contributed by atoms with Gasteiger partial charge in [-0.25, -0.2) is 0 Å². The smallest absolute Gasteiger partial charge is 0.0558 e. The fraction of sp³-hybridized carbons (Fsp3) is 0.500. The van der Waals surface area contributed by atoms with E-state index in [1.165, 1.54) is 18.4 Å². The first kappa shape index (κ1) is 14.1. The van der Waals surface area contributed by atoms with E-state index in [0.717, 1.165) is 18.7 Å². The van der Waals surface area contributed by atoms with Gasteiger partial charge >= 0.3 is 0 Å². The predicted molar refractivity (Wildman–Crippen MR) is 75.5 cm³/mol. The quantitative estimate of drug-likeness (QED) is 0.759. The highest BCUT2D eigenvalue weighted by Gasteiger charge is 2.28. The van der Waals surface area contributed by atoms with E-state index >= 15 is 0 Å². The van der Waals surface area contributed by atoms with E-state index in [4.69, 9.17) is 10.2 Å². The van der Waals surface area contributed by atoms with E-state index in [1.807, 2.05) is 12.1 Å². The number of aliphatic hydroxyl groups is 2. The second-order valence-corrected chi connectivity index (χ2v) is 4.90. The molecule has 102 valence electrons. The fourth-order valence-electron chi connectivity index (χ4n) is 2.11. The van der Waals surface area contributed by atoms with Crippen LogP contribution < -0.4 is 0 Å². The summed E-state index contributed by atoms with van der Waals surface area (Å²) in [6.07, 6.45) is 3.03. The lowest BCUT2D eigenvalue weighted by atomic mass is 10.1. The van der Waals surface area contributed by atoms with Gasteiger partial charge in [0, 0.05) is 31.1 Å². The molecule has 1 fully saturated rings. The maximum atomic E-state index is 9.08. The molecule has 1 aliphatic carbocycles. The van der Waals surface area contributed by atoms with Crippen LogP contribution in [0, 0.1) is 11.8 Å². The summed E-state index contributed by atoms with van der Waals surface area (Å²) in [7, 11) is 0. The van der Waals surface area contributed by atoms with E-state index in [2.05, 4.69) is 28.9 Å². The van der Waals surface area contributed by atoms with E-state index in [0.29, 0.717) is 12.5 Å². The highest BCUT2D eigenvalue weighted by Crippen LogP contribution is 2.27. The average Bonchev–Trinajstić information content (AvgIpc) is 3.25. The Balaban J connectivity index is 1.92. The van der Waals surface area contributed by atoms with Crippen molar-refractivity contribution < 1.29 is 10.2 Å². The highest BCUT2D eigenvalue weighted by atomic mass is 16.3. The van der Waals surface area contributed by atoms with Crippen molar-refractivity contribution in [2.45, 2.75) is 31.8 Å². The molecule has 2 N–H and O–H groups in total. The summed E-state index contributed by atoms with van der Waals surface area (Å²) in [6, 6.07) is 8.88. The zero-order chi connectivity index (χ0) is 13.5. The SMILES string of the molecule is OCCC#Cc1ccc(CN(CCO)C2CC2)cc1. The second-order valence-electron chi connectivity index (χ2n) is 4.90. The number of rotatable bonds is 6. The van der Waals surface area contributed by atoms with Crippen LogP contribution in [0.1, 0.15) is 30.4 Å². The molecule has 3 heteroatoms. The Hall–Kier alpha value is -1.34. The molecule has 1 saturated carbocycles. The third-order valence-corrected chi connectivity index (χ3v) is 3.26. The molecular weight excluding hydrogens is 238 g/mol. The lowest BCUT2D eigenvalue weighted by Crippen LogP contribution is -2.28. The zero-order valence-corrected chi connectivity index (χ0v) is 11.2. The summed E-state index contributed by atoms with van der Waals surface area (Å²) in [6.45, 7) is 1.99. The van der Waals surface area contributed by atoms with Gasteiger partial charge in [0.1, 0.15) is 0 Å². The van der Waals surface area contributed by atoms with Gasteiger partial charge in [0.25, 0.3) is 0 Å². The van der Waals surface area contributed by atoms with Crippen molar-refractivity contribution in [3.63, 3.8) is 0 Å². The normalized spacial score (nSPS) is 14.3. The molecule has 1 aromatic rings. The van der Waals surface area contributed by atoms with Gasteiger partial charge in [-0.15, -0.1) is 0 Å². The van der Waals surface area contributed by atoms with E-state index < -0.39 is 0 Å². The first-order valence-electron chi connectivity index (χ1n) is 6.87. The Morgan fingerprint density at radius 2 is 1.84 bits per heavy atom. The Labute approximate surface area is 114 Å². The summed E-state index contributed by atoms with van der Waals surface area (Å²) in [5.74, 6) is 5.94. The largest absolute Gasteiger partial charge is 0.395 e. The minimum Gasteiger partial charge on any atom is -0.395 e. The van der Waals surface area contributed by atoms with Crippen molar-refractivity contribution in [3.8, 4) is 11.8 Å². The average molecular weight is 259 g/mol. The molecule has 2 rings (SSSR count). The molecule has 19 heavy (non-hydrogen) atoms. The van der Waals surface area contributed by atoms with Crippen molar-refractivity contribution in [1.82, 2.24) is 4.90 Å². The van der Waals surface area contributed by atoms with Crippen LogP contribution >= 0.6 is 0 Å². The van der Waals surface area contributed by atoms with Crippen LogP contribution in [0.3, 0.4) is 0 Å². The van der Waals surface area contributed by atoms with Gasteiger partial charge in [-0.2, -0.15) is 0 Å². The van der Waals surface area contributed by atoms with Gasteiger partial charge < -0.3 is 10.2 Å². The summed E-state index contributed by atoms with van der Waals surface area (Å²) >= 11 is 0. The molecule has 3 nitrogen and oxygen atoms in total. The third-order valence-electron chi connectivity index (χ3n) is 3.26. The Bertz CT molecular complexity index is 440. The molecule has 0 amide bonds. The molecule has 0 bridgehead atoms. The molecule has 0 saturated heterocycles. The van der Waals surface area contributed by atoms with Crippen molar-refractivity contribution >= 4 is 0 Å². The van der Waals surface area contributed by atoms with Gasteiger partial charge in [0.2, 0.25) is 0 Å². The molecule has 0 aliphatic heterocycles. The molecule has 0 aromatic heterocycles. The molecule has 1 aromatic carbocycles. The van der Waals surface area contributed by atoms with Crippen molar-refractivity contribution in [1.29, 1.82) is 0 Å². The maximum absolute atomic E-state index is 9.08. The van der Waals surface area contributed by atoms with Gasteiger partial charge in [-0.05, 0) is 30.5 Å². The van der Waals surface area contributed by atoms with Crippen LogP contribution in [-0.4, -0.2) is 40.9 Å². The number of hydrogen-bond acceptors (Lipinski definition) is 3. The van der Waals surface area contributed by atoms with Crippen LogP contribution in [0.5, 0.6) is 0 Å². The van der Waals surface area contributed by atoms with Gasteiger partial charge in [-0.3, -0.25) is 4.90 Å². The van der Waals surface area contributed by atoms with Crippen molar-refractivity contribution in [2.24, 2.45) is 0 Å². The molecule has 1 aliphatic rings. The summed E-state index contributed by atoms with van der Waals surface area (Å²) in [4.78, 5) is 2.34.